The largest absolute Gasteiger partial charge is 0.369 e. The first-order valence-electron chi connectivity index (χ1n) is 5.35. The monoisotopic (exact) mass is 221 g/mol. The Morgan fingerprint density at radius 2 is 2.19 bits per heavy atom. The second-order valence-corrected chi connectivity index (χ2v) is 4.49. The SMILES string of the molecule is CNC(=O)C(C)(C)CNc1ncccc1C. The molecule has 0 fully saturated rings. The van der Waals surface area contributed by atoms with Crippen LogP contribution in [0.25, 0.3) is 0 Å². The highest BCUT2D eigenvalue weighted by molar-refractivity contribution is 5.82. The van der Waals surface area contributed by atoms with Crippen LogP contribution in [0, 0.1) is 12.3 Å². The number of carbonyl (C=O) groups is 1. The molecule has 0 saturated heterocycles. The van der Waals surface area contributed by atoms with Crippen molar-refractivity contribution in [2.75, 3.05) is 18.9 Å². The summed E-state index contributed by atoms with van der Waals surface area (Å²) in [6, 6.07) is 3.88. The molecule has 1 aromatic rings. The number of carbonyl (C=O) groups excluding carboxylic acids is 1. The number of aryl methyl sites for hydroxylation is 1. The summed E-state index contributed by atoms with van der Waals surface area (Å²) in [7, 11) is 1.65. The molecule has 1 amide bonds. The molecule has 0 radical (unpaired) electrons. The van der Waals surface area contributed by atoms with Gasteiger partial charge >= 0.3 is 0 Å². The minimum atomic E-state index is -0.446. The first kappa shape index (κ1) is 12.5. The minimum Gasteiger partial charge on any atom is -0.369 e. The number of anilines is 1. The lowest BCUT2D eigenvalue weighted by Gasteiger charge is -2.23. The second-order valence-electron chi connectivity index (χ2n) is 4.49. The van der Waals surface area contributed by atoms with Crippen molar-refractivity contribution < 1.29 is 4.79 Å². The molecule has 0 aliphatic carbocycles. The van der Waals surface area contributed by atoms with E-state index in [-0.39, 0.29) is 5.91 Å². The van der Waals surface area contributed by atoms with Gasteiger partial charge in [0.2, 0.25) is 5.91 Å². The zero-order valence-corrected chi connectivity index (χ0v) is 10.3. The molecule has 0 aromatic carbocycles. The Morgan fingerprint density at radius 1 is 1.50 bits per heavy atom. The van der Waals surface area contributed by atoms with Crippen molar-refractivity contribution in [1.29, 1.82) is 0 Å². The molecule has 0 unspecified atom stereocenters. The Balaban J connectivity index is 2.65. The van der Waals surface area contributed by atoms with E-state index in [1.165, 1.54) is 0 Å². The fourth-order valence-electron chi connectivity index (χ4n) is 1.39. The number of rotatable bonds is 4. The molecule has 0 atom stereocenters. The number of aromatic nitrogens is 1. The van der Waals surface area contributed by atoms with Crippen molar-refractivity contribution in [3.8, 4) is 0 Å². The van der Waals surface area contributed by atoms with Gasteiger partial charge in [0.05, 0.1) is 5.41 Å². The van der Waals surface area contributed by atoms with Crippen molar-refractivity contribution in [1.82, 2.24) is 10.3 Å². The van der Waals surface area contributed by atoms with Crippen molar-refractivity contribution >= 4 is 11.7 Å². The summed E-state index contributed by atoms with van der Waals surface area (Å²) >= 11 is 0. The van der Waals surface area contributed by atoms with Crippen LogP contribution in [0.15, 0.2) is 18.3 Å². The van der Waals surface area contributed by atoms with Crippen molar-refractivity contribution in [3.63, 3.8) is 0 Å². The minimum absolute atomic E-state index is 0.0218. The summed E-state index contributed by atoms with van der Waals surface area (Å²) in [4.78, 5) is 15.8. The van der Waals surface area contributed by atoms with Gasteiger partial charge in [-0.1, -0.05) is 6.07 Å². The van der Waals surface area contributed by atoms with E-state index < -0.39 is 5.41 Å². The highest BCUT2D eigenvalue weighted by Crippen LogP contribution is 2.17. The summed E-state index contributed by atoms with van der Waals surface area (Å²) in [6.45, 7) is 6.35. The van der Waals surface area contributed by atoms with Gasteiger partial charge in [-0.25, -0.2) is 4.98 Å². The van der Waals surface area contributed by atoms with Gasteiger partial charge in [-0.2, -0.15) is 0 Å². The van der Waals surface area contributed by atoms with E-state index in [1.807, 2.05) is 32.9 Å². The lowest BCUT2D eigenvalue weighted by Crippen LogP contribution is -2.39. The molecule has 88 valence electrons. The summed E-state index contributed by atoms with van der Waals surface area (Å²) in [6.07, 6.45) is 1.74. The van der Waals surface area contributed by atoms with E-state index in [4.69, 9.17) is 0 Å². The second kappa shape index (κ2) is 4.96. The first-order valence-corrected chi connectivity index (χ1v) is 5.35. The van der Waals surface area contributed by atoms with Crippen LogP contribution in [0.3, 0.4) is 0 Å². The predicted molar refractivity (Wildman–Crippen MR) is 65.3 cm³/mol. The Kier molecular flexibility index (Phi) is 3.88. The topological polar surface area (TPSA) is 54.0 Å². The Morgan fingerprint density at radius 3 is 2.75 bits per heavy atom. The molecule has 2 N–H and O–H groups in total. The van der Waals surface area contributed by atoms with Gasteiger partial charge in [-0.05, 0) is 32.4 Å². The van der Waals surface area contributed by atoms with Crippen molar-refractivity contribution in [2.24, 2.45) is 5.41 Å². The fraction of sp³-hybridized carbons (Fsp3) is 0.500. The van der Waals surface area contributed by atoms with Crippen LogP contribution in [0.4, 0.5) is 5.82 Å². The number of hydrogen-bond donors (Lipinski definition) is 2. The molecule has 0 aliphatic rings. The molecule has 0 saturated carbocycles. The van der Waals surface area contributed by atoms with E-state index in [0.29, 0.717) is 6.54 Å². The molecule has 0 bridgehead atoms. The molecular formula is C12H19N3O. The van der Waals surface area contributed by atoms with Gasteiger partial charge in [0.25, 0.3) is 0 Å². The van der Waals surface area contributed by atoms with Gasteiger partial charge in [0.1, 0.15) is 5.82 Å². The van der Waals surface area contributed by atoms with E-state index in [1.54, 1.807) is 13.2 Å². The summed E-state index contributed by atoms with van der Waals surface area (Å²) < 4.78 is 0. The summed E-state index contributed by atoms with van der Waals surface area (Å²) in [5.74, 6) is 0.855. The number of nitrogens with zero attached hydrogens (tertiary/aromatic N) is 1. The van der Waals surface area contributed by atoms with Crippen LogP contribution in [0.2, 0.25) is 0 Å². The van der Waals surface area contributed by atoms with E-state index in [9.17, 15) is 4.79 Å². The molecule has 0 spiro atoms. The van der Waals surface area contributed by atoms with Gasteiger partial charge in [0, 0.05) is 19.8 Å². The van der Waals surface area contributed by atoms with E-state index >= 15 is 0 Å². The number of pyridine rings is 1. The maximum absolute atomic E-state index is 11.6. The Bertz CT molecular complexity index is 374. The molecule has 1 rings (SSSR count). The Labute approximate surface area is 96.5 Å². The zero-order valence-electron chi connectivity index (χ0n) is 10.3. The molecule has 1 heterocycles. The first-order chi connectivity index (χ1) is 7.47. The normalized spacial score (nSPS) is 11.0. The number of nitrogens with one attached hydrogen (secondary N) is 2. The average Bonchev–Trinajstić information content (AvgIpc) is 2.27. The van der Waals surface area contributed by atoms with Crippen LogP contribution in [-0.2, 0) is 4.79 Å². The maximum atomic E-state index is 11.6. The fourth-order valence-corrected chi connectivity index (χ4v) is 1.39. The summed E-state index contributed by atoms with van der Waals surface area (Å²) in [5, 5.41) is 5.85. The smallest absolute Gasteiger partial charge is 0.227 e. The standard InChI is InChI=1S/C12H19N3O/c1-9-6-5-7-14-10(9)15-8-12(2,3)11(16)13-4/h5-7H,8H2,1-4H3,(H,13,16)(H,14,15). The van der Waals surface area contributed by atoms with Gasteiger partial charge in [-0.15, -0.1) is 0 Å². The molecule has 1 aromatic heterocycles. The number of hydrogen-bond acceptors (Lipinski definition) is 3. The van der Waals surface area contributed by atoms with E-state index in [2.05, 4.69) is 15.6 Å². The average molecular weight is 221 g/mol. The Hall–Kier alpha value is -1.58. The molecule has 4 nitrogen and oxygen atoms in total. The van der Waals surface area contributed by atoms with Gasteiger partial charge < -0.3 is 10.6 Å². The molecular weight excluding hydrogens is 202 g/mol. The van der Waals surface area contributed by atoms with Crippen LogP contribution >= 0.6 is 0 Å². The molecule has 0 aliphatic heterocycles. The highest BCUT2D eigenvalue weighted by atomic mass is 16.2. The third kappa shape index (κ3) is 2.95. The van der Waals surface area contributed by atoms with Crippen LogP contribution in [0.5, 0.6) is 0 Å². The third-order valence-electron chi connectivity index (χ3n) is 2.55. The number of amides is 1. The lowest BCUT2D eigenvalue weighted by atomic mass is 9.92. The predicted octanol–water partition coefficient (Wildman–Crippen LogP) is 1.57. The maximum Gasteiger partial charge on any atom is 0.227 e. The quantitative estimate of drug-likeness (QED) is 0.811. The van der Waals surface area contributed by atoms with Crippen LogP contribution < -0.4 is 10.6 Å². The lowest BCUT2D eigenvalue weighted by molar-refractivity contribution is -0.128. The van der Waals surface area contributed by atoms with Gasteiger partial charge in [0.15, 0.2) is 0 Å². The van der Waals surface area contributed by atoms with Gasteiger partial charge in [-0.3, -0.25) is 4.79 Å². The van der Waals surface area contributed by atoms with Crippen LogP contribution in [0.1, 0.15) is 19.4 Å². The third-order valence-corrected chi connectivity index (χ3v) is 2.55. The highest BCUT2D eigenvalue weighted by Gasteiger charge is 2.26. The summed E-state index contributed by atoms with van der Waals surface area (Å²) in [5.41, 5.74) is 0.633. The van der Waals surface area contributed by atoms with Crippen LogP contribution in [-0.4, -0.2) is 24.5 Å². The molecule has 4 heteroatoms. The van der Waals surface area contributed by atoms with Crippen molar-refractivity contribution in [2.45, 2.75) is 20.8 Å². The zero-order chi connectivity index (χ0) is 12.2. The van der Waals surface area contributed by atoms with Crippen molar-refractivity contribution in [3.05, 3.63) is 23.9 Å². The molecule has 16 heavy (non-hydrogen) atoms. The van der Waals surface area contributed by atoms with E-state index in [0.717, 1.165) is 11.4 Å².